The highest BCUT2D eigenvalue weighted by atomic mass is 13.9. The SMILES string of the molecule is C=C(C=C[CH-]C)/C(C)=C/C. The average molecular weight is 135 g/mol. The number of hydrogen-bond acceptors (Lipinski definition) is 0. The molecule has 0 saturated heterocycles. The van der Waals surface area contributed by atoms with Crippen molar-refractivity contribution in [3.63, 3.8) is 0 Å². The molecular weight excluding hydrogens is 120 g/mol. The lowest BCUT2D eigenvalue weighted by atomic mass is 10.1. The van der Waals surface area contributed by atoms with E-state index >= 15 is 0 Å². The van der Waals surface area contributed by atoms with Gasteiger partial charge in [-0.25, -0.2) is 18.6 Å². The Kier molecular flexibility index (Phi) is 4.47. The summed E-state index contributed by atoms with van der Waals surface area (Å²) in [5.41, 5.74) is 2.32. The molecule has 0 atom stereocenters. The highest BCUT2D eigenvalue weighted by Crippen LogP contribution is 2.07. The van der Waals surface area contributed by atoms with Crippen LogP contribution in [-0.4, -0.2) is 0 Å². The molecule has 0 N–H and O–H groups in total. The lowest BCUT2D eigenvalue weighted by molar-refractivity contribution is 1.40. The molecule has 0 bridgehead atoms. The molecule has 0 unspecified atom stereocenters. The van der Waals surface area contributed by atoms with Crippen molar-refractivity contribution >= 4 is 0 Å². The van der Waals surface area contributed by atoms with Crippen molar-refractivity contribution in [2.45, 2.75) is 20.8 Å². The fraction of sp³-hybridized carbons (Fsp3) is 0.300. The average Bonchev–Trinajstić information content (AvgIpc) is 1.98. The lowest BCUT2D eigenvalue weighted by Gasteiger charge is -2.03. The molecule has 10 heavy (non-hydrogen) atoms. The molecular formula is C10H15-. The molecule has 0 radical (unpaired) electrons. The number of allylic oxidation sites excluding steroid dienone is 5. The van der Waals surface area contributed by atoms with Gasteiger partial charge >= 0.3 is 0 Å². The van der Waals surface area contributed by atoms with Crippen LogP contribution in [0.4, 0.5) is 0 Å². The van der Waals surface area contributed by atoms with Gasteiger partial charge in [-0.3, -0.25) is 0 Å². The van der Waals surface area contributed by atoms with Gasteiger partial charge in [0.2, 0.25) is 0 Å². The van der Waals surface area contributed by atoms with E-state index in [1.165, 1.54) is 5.57 Å². The summed E-state index contributed by atoms with van der Waals surface area (Å²) in [5, 5.41) is 0. The first-order valence-electron chi connectivity index (χ1n) is 3.50. The van der Waals surface area contributed by atoms with E-state index in [0.717, 1.165) is 5.57 Å². The maximum Gasteiger partial charge on any atom is -0.0411 e. The molecule has 0 nitrogen and oxygen atoms in total. The Morgan fingerprint density at radius 3 is 2.50 bits per heavy atom. The van der Waals surface area contributed by atoms with E-state index < -0.39 is 0 Å². The Balaban J connectivity index is 3.98. The summed E-state index contributed by atoms with van der Waals surface area (Å²) in [6.07, 6.45) is 8.06. The third kappa shape index (κ3) is 3.18. The van der Waals surface area contributed by atoms with Gasteiger partial charge in [0.1, 0.15) is 0 Å². The van der Waals surface area contributed by atoms with Crippen molar-refractivity contribution in [2.75, 3.05) is 0 Å². The molecule has 0 spiro atoms. The summed E-state index contributed by atoms with van der Waals surface area (Å²) in [5.74, 6) is 0. The third-order valence-corrected chi connectivity index (χ3v) is 1.43. The van der Waals surface area contributed by atoms with Gasteiger partial charge in [-0.2, -0.15) is 0 Å². The van der Waals surface area contributed by atoms with Crippen molar-refractivity contribution in [3.8, 4) is 0 Å². The van der Waals surface area contributed by atoms with E-state index in [4.69, 9.17) is 0 Å². The van der Waals surface area contributed by atoms with Crippen molar-refractivity contribution in [1.82, 2.24) is 0 Å². The molecule has 0 aliphatic rings. The van der Waals surface area contributed by atoms with Gasteiger partial charge in [0.15, 0.2) is 0 Å². The number of rotatable bonds is 3. The maximum atomic E-state index is 3.89. The van der Waals surface area contributed by atoms with Crippen LogP contribution in [0.25, 0.3) is 0 Å². The second-order valence-electron chi connectivity index (χ2n) is 2.19. The van der Waals surface area contributed by atoms with Crippen LogP contribution < -0.4 is 0 Å². The summed E-state index contributed by atoms with van der Waals surface area (Å²) in [7, 11) is 0. The summed E-state index contributed by atoms with van der Waals surface area (Å²) in [6, 6.07) is 0. The molecule has 0 aromatic rings. The van der Waals surface area contributed by atoms with Gasteiger partial charge < -0.3 is 0 Å². The predicted molar refractivity (Wildman–Crippen MR) is 47.7 cm³/mol. The molecule has 0 heteroatoms. The Morgan fingerprint density at radius 2 is 2.10 bits per heavy atom. The van der Waals surface area contributed by atoms with Gasteiger partial charge in [-0.05, 0) is 13.8 Å². The van der Waals surface area contributed by atoms with E-state index in [1.807, 2.05) is 32.4 Å². The zero-order chi connectivity index (χ0) is 7.98. The van der Waals surface area contributed by atoms with Crippen molar-refractivity contribution in [2.24, 2.45) is 0 Å². The van der Waals surface area contributed by atoms with E-state index in [2.05, 4.69) is 19.6 Å². The minimum absolute atomic E-state index is 1.08. The monoisotopic (exact) mass is 135 g/mol. The number of hydrogen-bond donors (Lipinski definition) is 0. The van der Waals surface area contributed by atoms with Crippen LogP contribution in [0.1, 0.15) is 20.8 Å². The quantitative estimate of drug-likeness (QED) is 0.411. The normalized spacial score (nSPS) is 12.1. The summed E-state index contributed by atoms with van der Waals surface area (Å²) in [6.45, 7) is 9.96. The smallest absolute Gasteiger partial charge is 0.0411 e. The zero-order valence-corrected chi connectivity index (χ0v) is 7.02. The summed E-state index contributed by atoms with van der Waals surface area (Å²) in [4.78, 5) is 0. The molecule has 0 rings (SSSR count). The molecule has 0 fully saturated rings. The fourth-order valence-corrected chi connectivity index (χ4v) is 0.529. The Morgan fingerprint density at radius 1 is 1.50 bits per heavy atom. The lowest BCUT2D eigenvalue weighted by Crippen LogP contribution is -1.76. The van der Waals surface area contributed by atoms with Crippen LogP contribution in [0.5, 0.6) is 0 Å². The first-order valence-corrected chi connectivity index (χ1v) is 3.50. The molecule has 56 valence electrons. The molecule has 0 saturated carbocycles. The first kappa shape index (κ1) is 9.09. The minimum Gasteiger partial charge on any atom is -0.233 e. The molecule has 0 aromatic heterocycles. The molecule has 0 heterocycles. The molecule has 0 aliphatic heterocycles. The standard InChI is InChI=1S/C10H15/c1-5-7-8-10(4)9(3)6-2/h5-8H,4H2,1-3H3/q-1/b8-7?,9-6+. The Labute approximate surface area is 64.0 Å². The fourth-order valence-electron chi connectivity index (χ4n) is 0.529. The van der Waals surface area contributed by atoms with Crippen molar-refractivity contribution in [1.29, 1.82) is 0 Å². The van der Waals surface area contributed by atoms with Gasteiger partial charge in [0.25, 0.3) is 0 Å². The highest BCUT2D eigenvalue weighted by molar-refractivity contribution is 5.35. The van der Waals surface area contributed by atoms with Crippen LogP contribution in [0.2, 0.25) is 0 Å². The van der Waals surface area contributed by atoms with Crippen LogP contribution in [0, 0.1) is 6.42 Å². The third-order valence-electron chi connectivity index (χ3n) is 1.43. The van der Waals surface area contributed by atoms with Crippen molar-refractivity contribution in [3.05, 3.63) is 42.4 Å². The van der Waals surface area contributed by atoms with Crippen LogP contribution in [0.3, 0.4) is 0 Å². The molecule has 0 aromatic carbocycles. The second kappa shape index (κ2) is 4.92. The summed E-state index contributed by atoms with van der Waals surface area (Å²) < 4.78 is 0. The van der Waals surface area contributed by atoms with Gasteiger partial charge in [-0.1, -0.05) is 11.6 Å². The van der Waals surface area contributed by atoms with Gasteiger partial charge in [-0.15, -0.1) is 19.1 Å². The van der Waals surface area contributed by atoms with E-state index in [-0.39, 0.29) is 0 Å². The Hall–Kier alpha value is -0.910. The largest absolute Gasteiger partial charge is 0.233 e. The van der Waals surface area contributed by atoms with E-state index in [1.54, 1.807) is 0 Å². The molecule has 0 amide bonds. The highest BCUT2D eigenvalue weighted by Gasteiger charge is 1.81. The van der Waals surface area contributed by atoms with Crippen LogP contribution >= 0.6 is 0 Å². The zero-order valence-electron chi connectivity index (χ0n) is 7.02. The maximum absolute atomic E-state index is 3.89. The minimum atomic E-state index is 1.08. The second-order valence-corrected chi connectivity index (χ2v) is 2.19. The van der Waals surface area contributed by atoms with Gasteiger partial charge in [0, 0.05) is 0 Å². The van der Waals surface area contributed by atoms with E-state index in [9.17, 15) is 0 Å². The first-order chi connectivity index (χ1) is 4.72. The van der Waals surface area contributed by atoms with Crippen LogP contribution in [0.15, 0.2) is 36.0 Å². The predicted octanol–water partition coefficient (Wildman–Crippen LogP) is 3.29. The summed E-state index contributed by atoms with van der Waals surface area (Å²) >= 11 is 0. The topological polar surface area (TPSA) is 0 Å². The molecule has 0 aliphatic carbocycles. The van der Waals surface area contributed by atoms with Gasteiger partial charge in [0.05, 0.1) is 0 Å². The van der Waals surface area contributed by atoms with Crippen LogP contribution in [-0.2, 0) is 0 Å². The van der Waals surface area contributed by atoms with E-state index in [0.29, 0.717) is 0 Å². The Bertz CT molecular complexity index is 159. The van der Waals surface area contributed by atoms with Crippen molar-refractivity contribution < 1.29 is 0 Å².